The fourth-order valence-corrected chi connectivity index (χ4v) is 5.26. The molecule has 0 spiro atoms. The highest BCUT2D eigenvalue weighted by Gasteiger charge is 2.26. The average Bonchev–Trinajstić information content (AvgIpc) is 3.62. The monoisotopic (exact) mass is 559 g/mol. The van der Waals surface area contributed by atoms with Crippen molar-refractivity contribution in [2.24, 2.45) is 0 Å². The average molecular weight is 560 g/mol. The minimum Gasteiger partial charge on any atom is -0.497 e. The van der Waals surface area contributed by atoms with E-state index in [0.717, 1.165) is 12.1 Å². The molecule has 2 amide bonds. The second-order valence-electron chi connectivity index (χ2n) is 8.86. The zero-order valence-electron chi connectivity index (χ0n) is 22.2. The Morgan fingerprint density at radius 1 is 0.925 bits per heavy atom. The van der Waals surface area contributed by atoms with Crippen LogP contribution in [0.3, 0.4) is 0 Å². The second-order valence-corrected chi connectivity index (χ2v) is 9.81. The lowest BCUT2D eigenvalue weighted by Gasteiger charge is -2.18. The molecule has 3 aromatic carbocycles. The highest BCUT2D eigenvalue weighted by atomic mass is 32.2. The number of carbonyl (C=O) groups is 2. The molecule has 0 radical (unpaired) electrons. The molecule has 4 aromatic rings. The van der Waals surface area contributed by atoms with E-state index in [-0.39, 0.29) is 30.7 Å². The van der Waals surface area contributed by atoms with Crippen molar-refractivity contribution < 1.29 is 23.8 Å². The summed E-state index contributed by atoms with van der Waals surface area (Å²) < 4.78 is 18.4. The molecule has 0 saturated heterocycles. The summed E-state index contributed by atoms with van der Waals surface area (Å²) in [6.07, 6.45) is 0.835. The third kappa shape index (κ3) is 6.04. The van der Waals surface area contributed by atoms with Gasteiger partial charge in [0.05, 0.1) is 32.2 Å². The van der Waals surface area contributed by atoms with Gasteiger partial charge in [-0.15, -0.1) is 10.2 Å². The highest BCUT2D eigenvalue weighted by Crippen LogP contribution is 2.33. The van der Waals surface area contributed by atoms with Crippen LogP contribution >= 0.6 is 11.8 Å². The van der Waals surface area contributed by atoms with Gasteiger partial charge in [-0.1, -0.05) is 48.2 Å². The zero-order chi connectivity index (χ0) is 27.9. The van der Waals surface area contributed by atoms with E-state index < -0.39 is 0 Å². The first-order chi connectivity index (χ1) is 19.6. The number of rotatable bonds is 11. The first-order valence-electron chi connectivity index (χ1n) is 12.7. The Hall–Kier alpha value is -4.51. The Morgan fingerprint density at radius 3 is 2.52 bits per heavy atom. The lowest BCUT2D eigenvalue weighted by molar-refractivity contribution is -0.123. The van der Waals surface area contributed by atoms with Gasteiger partial charge in [0.2, 0.25) is 5.91 Å². The quantitative estimate of drug-likeness (QED) is 0.278. The molecule has 206 valence electrons. The minimum absolute atomic E-state index is 0.0185. The van der Waals surface area contributed by atoms with Crippen LogP contribution < -0.4 is 24.4 Å². The maximum absolute atomic E-state index is 13.2. The molecule has 1 N–H and O–H groups in total. The van der Waals surface area contributed by atoms with E-state index in [1.165, 1.54) is 17.3 Å². The van der Waals surface area contributed by atoms with Gasteiger partial charge < -0.3 is 24.4 Å². The molecule has 11 heteroatoms. The smallest absolute Gasteiger partial charge is 0.258 e. The number of thioether (sulfide) groups is 1. The van der Waals surface area contributed by atoms with E-state index in [9.17, 15) is 9.59 Å². The molecule has 0 atom stereocenters. The van der Waals surface area contributed by atoms with E-state index >= 15 is 0 Å². The summed E-state index contributed by atoms with van der Waals surface area (Å²) in [7, 11) is 3.15. The fraction of sp³-hybridized carbons (Fsp3) is 0.241. The number of aromatic nitrogens is 3. The molecule has 0 saturated carbocycles. The molecule has 2 heterocycles. The molecular formula is C29H29N5O5S. The summed E-state index contributed by atoms with van der Waals surface area (Å²) in [5, 5.41) is 12.0. The van der Waals surface area contributed by atoms with Crippen LogP contribution in [0.4, 0.5) is 5.69 Å². The lowest BCUT2D eigenvalue weighted by atomic mass is 10.2. The van der Waals surface area contributed by atoms with Crippen molar-refractivity contribution >= 4 is 29.3 Å². The van der Waals surface area contributed by atoms with Crippen LogP contribution in [0.15, 0.2) is 78.0 Å². The first-order valence-corrected chi connectivity index (χ1v) is 13.7. The third-order valence-electron chi connectivity index (χ3n) is 6.40. The number of carbonyl (C=O) groups excluding carboxylic acids is 2. The molecule has 0 unspecified atom stereocenters. The van der Waals surface area contributed by atoms with Crippen LogP contribution in [-0.2, 0) is 22.6 Å². The SMILES string of the molecule is COc1ccc(OC)c(-n2c(CNC(=O)COc3ccccc3)nnc2SCC(=O)N2CCc3ccccc32)c1. The van der Waals surface area contributed by atoms with Gasteiger partial charge in [-0.2, -0.15) is 0 Å². The number of ether oxygens (including phenoxy) is 3. The summed E-state index contributed by atoms with van der Waals surface area (Å²) in [5.74, 6) is 2.06. The first kappa shape index (κ1) is 27.1. The van der Waals surface area contributed by atoms with Gasteiger partial charge in [0, 0.05) is 18.3 Å². The number of hydrogen-bond acceptors (Lipinski definition) is 8. The standard InChI is InChI=1S/C29H29N5O5S/c1-37-22-12-13-25(38-2)24(16-22)34-26(17-30-27(35)18-39-21-9-4-3-5-10-21)31-32-29(34)40-19-28(36)33-15-14-20-8-6-7-11-23(20)33/h3-13,16H,14-15,17-19H2,1-2H3,(H,30,35). The molecule has 1 aliphatic rings. The molecule has 1 aliphatic heterocycles. The van der Waals surface area contributed by atoms with Crippen molar-refractivity contribution in [2.75, 3.05) is 38.0 Å². The number of benzene rings is 3. The van der Waals surface area contributed by atoms with Crippen molar-refractivity contribution in [2.45, 2.75) is 18.1 Å². The van der Waals surface area contributed by atoms with Crippen molar-refractivity contribution in [3.8, 4) is 22.9 Å². The Labute approximate surface area is 236 Å². The third-order valence-corrected chi connectivity index (χ3v) is 7.31. The minimum atomic E-state index is -0.312. The van der Waals surface area contributed by atoms with Crippen molar-refractivity contribution in [3.05, 3.63) is 84.2 Å². The maximum Gasteiger partial charge on any atom is 0.258 e. The molecule has 0 aliphatic carbocycles. The number of amides is 2. The number of anilines is 1. The molecular weight excluding hydrogens is 530 g/mol. The number of para-hydroxylation sites is 2. The van der Waals surface area contributed by atoms with E-state index in [1.54, 1.807) is 49.1 Å². The van der Waals surface area contributed by atoms with Crippen LogP contribution in [0.1, 0.15) is 11.4 Å². The maximum atomic E-state index is 13.2. The number of fused-ring (bicyclic) bond motifs is 1. The van der Waals surface area contributed by atoms with Gasteiger partial charge >= 0.3 is 0 Å². The topological polar surface area (TPSA) is 108 Å². The predicted octanol–water partition coefficient (Wildman–Crippen LogP) is 3.66. The van der Waals surface area contributed by atoms with E-state index in [0.29, 0.717) is 40.5 Å². The van der Waals surface area contributed by atoms with E-state index in [4.69, 9.17) is 14.2 Å². The van der Waals surface area contributed by atoms with Gasteiger partial charge in [-0.3, -0.25) is 14.2 Å². The molecule has 40 heavy (non-hydrogen) atoms. The van der Waals surface area contributed by atoms with Crippen LogP contribution in [0.5, 0.6) is 17.2 Å². The van der Waals surface area contributed by atoms with E-state index in [2.05, 4.69) is 15.5 Å². The van der Waals surface area contributed by atoms with Crippen LogP contribution in [0.25, 0.3) is 5.69 Å². The van der Waals surface area contributed by atoms with Crippen LogP contribution in [-0.4, -0.2) is 59.7 Å². The van der Waals surface area contributed by atoms with E-state index in [1.807, 2.05) is 47.4 Å². The summed E-state index contributed by atoms with van der Waals surface area (Å²) in [6.45, 7) is 0.587. The van der Waals surface area contributed by atoms with Gasteiger partial charge in [0.15, 0.2) is 17.6 Å². The zero-order valence-corrected chi connectivity index (χ0v) is 23.0. The number of methoxy groups -OCH3 is 2. The summed E-state index contributed by atoms with van der Waals surface area (Å²) >= 11 is 1.27. The van der Waals surface area contributed by atoms with Gasteiger partial charge in [-0.25, -0.2) is 0 Å². The van der Waals surface area contributed by atoms with Crippen molar-refractivity contribution in [1.82, 2.24) is 20.1 Å². The Kier molecular flexibility index (Phi) is 8.50. The molecule has 5 rings (SSSR count). The van der Waals surface area contributed by atoms with Gasteiger partial charge in [0.25, 0.3) is 5.91 Å². The predicted molar refractivity (Wildman–Crippen MR) is 151 cm³/mol. The second kappa shape index (κ2) is 12.6. The summed E-state index contributed by atoms with van der Waals surface area (Å²) in [5.41, 5.74) is 2.74. The summed E-state index contributed by atoms with van der Waals surface area (Å²) in [6, 6.07) is 22.4. The normalized spacial score (nSPS) is 12.1. The molecule has 10 nitrogen and oxygen atoms in total. The fourth-order valence-electron chi connectivity index (χ4n) is 4.42. The van der Waals surface area contributed by atoms with Crippen LogP contribution in [0.2, 0.25) is 0 Å². The number of nitrogens with zero attached hydrogens (tertiary/aromatic N) is 4. The van der Waals surface area contributed by atoms with Gasteiger partial charge in [-0.05, 0) is 42.3 Å². The Balaban J connectivity index is 1.35. The van der Waals surface area contributed by atoms with Crippen molar-refractivity contribution in [3.63, 3.8) is 0 Å². The lowest BCUT2D eigenvalue weighted by Crippen LogP contribution is -2.30. The van der Waals surface area contributed by atoms with Crippen molar-refractivity contribution in [1.29, 1.82) is 0 Å². The van der Waals surface area contributed by atoms with Crippen LogP contribution in [0, 0.1) is 0 Å². The number of nitrogens with one attached hydrogen (secondary N) is 1. The van der Waals surface area contributed by atoms with Gasteiger partial charge in [0.1, 0.15) is 17.2 Å². The Morgan fingerprint density at radius 2 is 1.73 bits per heavy atom. The molecule has 1 aromatic heterocycles. The summed E-state index contributed by atoms with van der Waals surface area (Å²) in [4.78, 5) is 27.5. The Bertz CT molecular complexity index is 1490. The highest BCUT2D eigenvalue weighted by molar-refractivity contribution is 7.99. The molecule has 0 fully saturated rings. The largest absolute Gasteiger partial charge is 0.497 e. The molecule has 0 bridgehead atoms. The number of hydrogen-bond donors (Lipinski definition) is 1.